The van der Waals surface area contributed by atoms with E-state index in [-0.39, 0.29) is 7.92 Å². The third kappa shape index (κ3) is 2.37. The smallest absolute Gasteiger partial charge is 0.115 e. The van der Waals surface area contributed by atoms with Gasteiger partial charge in [0, 0.05) is 0 Å². The summed E-state index contributed by atoms with van der Waals surface area (Å²) >= 11 is 0. The van der Waals surface area contributed by atoms with Gasteiger partial charge >= 0.3 is 0 Å². The fourth-order valence-corrected chi connectivity index (χ4v) is 2.99. The van der Waals surface area contributed by atoms with Crippen LogP contribution in [0.1, 0.15) is 0 Å². The Balaban J connectivity index is 2.29. The molecule has 0 aliphatic rings. The second kappa shape index (κ2) is 4.46. The van der Waals surface area contributed by atoms with E-state index < -0.39 is 0 Å². The van der Waals surface area contributed by atoms with Gasteiger partial charge < -0.3 is 5.11 Å². The monoisotopic (exact) mass is 216 g/mol. The molecule has 15 heavy (non-hydrogen) atoms. The molecule has 1 atom stereocenters. The molecule has 1 nitrogen and oxygen atoms in total. The van der Waals surface area contributed by atoms with Crippen LogP contribution >= 0.6 is 7.92 Å². The van der Waals surface area contributed by atoms with Crippen molar-refractivity contribution in [3.05, 3.63) is 54.6 Å². The van der Waals surface area contributed by atoms with Crippen molar-refractivity contribution in [1.82, 2.24) is 0 Å². The lowest BCUT2D eigenvalue weighted by Gasteiger charge is -2.12. The zero-order valence-corrected chi connectivity index (χ0v) is 9.49. The molecular formula is C13H13OP. The average molecular weight is 216 g/mol. The van der Waals surface area contributed by atoms with E-state index >= 15 is 0 Å². The second-order valence-electron chi connectivity index (χ2n) is 3.41. The van der Waals surface area contributed by atoms with Gasteiger partial charge in [-0.05, 0) is 37.3 Å². The molecule has 0 heterocycles. The van der Waals surface area contributed by atoms with Crippen molar-refractivity contribution in [2.45, 2.75) is 0 Å². The van der Waals surface area contributed by atoms with Crippen LogP contribution in [0.4, 0.5) is 0 Å². The van der Waals surface area contributed by atoms with Gasteiger partial charge in [0.2, 0.25) is 0 Å². The van der Waals surface area contributed by atoms with E-state index in [0.29, 0.717) is 5.75 Å². The van der Waals surface area contributed by atoms with Gasteiger partial charge in [-0.3, -0.25) is 0 Å². The van der Waals surface area contributed by atoms with Gasteiger partial charge in [-0.15, -0.1) is 0 Å². The maximum atomic E-state index is 9.22. The fraction of sp³-hybridized carbons (Fsp3) is 0.0769. The summed E-state index contributed by atoms with van der Waals surface area (Å²) in [4.78, 5) is 0. The van der Waals surface area contributed by atoms with Gasteiger partial charge in [-0.25, -0.2) is 0 Å². The van der Waals surface area contributed by atoms with Gasteiger partial charge in [-0.1, -0.05) is 42.5 Å². The lowest BCUT2D eigenvalue weighted by molar-refractivity contribution is 0.475. The zero-order valence-electron chi connectivity index (χ0n) is 8.59. The van der Waals surface area contributed by atoms with Crippen LogP contribution in [-0.2, 0) is 0 Å². The molecule has 2 aromatic carbocycles. The Labute approximate surface area is 91.1 Å². The fourth-order valence-electron chi connectivity index (χ4n) is 1.48. The van der Waals surface area contributed by atoms with Crippen molar-refractivity contribution < 1.29 is 5.11 Å². The average Bonchev–Trinajstić information content (AvgIpc) is 2.30. The van der Waals surface area contributed by atoms with E-state index in [9.17, 15) is 5.11 Å². The number of benzene rings is 2. The van der Waals surface area contributed by atoms with Gasteiger partial charge in [0.25, 0.3) is 0 Å². The first-order valence-corrected chi connectivity index (χ1v) is 6.64. The Morgan fingerprint density at radius 2 is 1.33 bits per heavy atom. The Morgan fingerprint density at radius 3 is 1.93 bits per heavy atom. The molecule has 2 aromatic rings. The maximum absolute atomic E-state index is 9.22. The lowest BCUT2D eigenvalue weighted by atomic mass is 10.3. The Bertz CT molecular complexity index is 422. The quantitative estimate of drug-likeness (QED) is 0.764. The van der Waals surface area contributed by atoms with Gasteiger partial charge in [0.1, 0.15) is 5.75 Å². The Hall–Kier alpha value is -1.33. The predicted molar refractivity (Wildman–Crippen MR) is 66.7 cm³/mol. The highest BCUT2D eigenvalue weighted by Gasteiger charge is 2.06. The Morgan fingerprint density at radius 1 is 0.800 bits per heavy atom. The molecule has 2 rings (SSSR count). The highest BCUT2D eigenvalue weighted by atomic mass is 31.1. The molecule has 2 heteroatoms. The van der Waals surface area contributed by atoms with Crippen LogP contribution in [0.2, 0.25) is 0 Å². The van der Waals surface area contributed by atoms with E-state index in [1.54, 1.807) is 12.1 Å². The molecule has 0 fully saturated rings. The predicted octanol–water partition coefficient (Wildman–Crippen LogP) is 2.45. The van der Waals surface area contributed by atoms with Crippen LogP contribution < -0.4 is 10.6 Å². The number of phenolic OH excluding ortho intramolecular Hbond substituents is 1. The van der Waals surface area contributed by atoms with Gasteiger partial charge in [0.15, 0.2) is 0 Å². The summed E-state index contributed by atoms with van der Waals surface area (Å²) in [6, 6.07) is 17.9. The van der Waals surface area contributed by atoms with Gasteiger partial charge in [0.05, 0.1) is 0 Å². The summed E-state index contributed by atoms with van der Waals surface area (Å²) in [5, 5.41) is 11.9. The molecule has 0 radical (unpaired) electrons. The van der Waals surface area contributed by atoms with Crippen LogP contribution in [0.5, 0.6) is 5.75 Å². The standard InChI is InChI=1S/C13H13OP/c1-15(12-5-3-2-4-6-12)13-9-7-11(14)8-10-13/h2-10,14H,1H3. The van der Waals surface area contributed by atoms with E-state index in [1.807, 2.05) is 18.2 Å². The minimum atomic E-state index is -0.294. The van der Waals surface area contributed by atoms with Crippen molar-refractivity contribution in [2.75, 3.05) is 6.66 Å². The summed E-state index contributed by atoms with van der Waals surface area (Å²) in [5.74, 6) is 0.329. The number of rotatable bonds is 2. The molecule has 0 bridgehead atoms. The van der Waals surface area contributed by atoms with Crippen molar-refractivity contribution in [3.8, 4) is 5.75 Å². The minimum absolute atomic E-state index is 0.294. The Kier molecular flexibility index (Phi) is 3.03. The summed E-state index contributed by atoms with van der Waals surface area (Å²) in [6.07, 6.45) is 0. The van der Waals surface area contributed by atoms with Crippen LogP contribution in [0.25, 0.3) is 0 Å². The first-order chi connectivity index (χ1) is 7.27. The van der Waals surface area contributed by atoms with Crippen LogP contribution in [0.15, 0.2) is 54.6 Å². The molecule has 0 aliphatic heterocycles. The molecular weight excluding hydrogens is 203 g/mol. The third-order valence-electron chi connectivity index (χ3n) is 2.38. The zero-order chi connectivity index (χ0) is 10.7. The van der Waals surface area contributed by atoms with E-state index in [4.69, 9.17) is 0 Å². The number of hydrogen-bond donors (Lipinski definition) is 1. The molecule has 0 aliphatic carbocycles. The summed E-state index contributed by atoms with van der Waals surface area (Å²) < 4.78 is 0. The van der Waals surface area contributed by atoms with Crippen molar-refractivity contribution in [1.29, 1.82) is 0 Å². The van der Waals surface area contributed by atoms with Crippen molar-refractivity contribution in [3.63, 3.8) is 0 Å². The molecule has 0 aromatic heterocycles. The summed E-state index contributed by atoms with van der Waals surface area (Å²) in [7, 11) is -0.294. The largest absolute Gasteiger partial charge is 0.508 e. The topological polar surface area (TPSA) is 20.2 Å². The number of hydrogen-bond acceptors (Lipinski definition) is 1. The molecule has 0 saturated heterocycles. The van der Waals surface area contributed by atoms with Crippen LogP contribution in [0.3, 0.4) is 0 Å². The molecule has 0 spiro atoms. The highest BCUT2D eigenvalue weighted by Crippen LogP contribution is 2.28. The maximum Gasteiger partial charge on any atom is 0.115 e. The van der Waals surface area contributed by atoms with E-state index in [0.717, 1.165) is 0 Å². The number of aromatic hydroxyl groups is 1. The molecule has 0 amide bonds. The van der Waals surface area contributed by atoms with Crippen LogP contribution in [-0.4, -0.2) is 11.8 Å². The first kappa shape index (κ1) is 10.2. The second-order valence-corrected chi connectivity index (χ2v) is 5.56. The normalized spacial score (nSPS) is 12.3. The van der Waals surface area contributed by atoms with Crippen molar-refractivity contribution in [2.24, 2.45) is 0 Å². The van der Waals surface area contributed by atoms with E-state index in [1.165, 1.54) is 10.6 Å². The van der Waals surface area contributed by atoms with Gasteiger partial charge in [-0.2, -0.15) is 0 Å². The van der Waals surface area contributed by atoms with Crippen molar-refractivity contribution >= 4 is 18.5 Å². The SMILES string of the molecule is CP(c1ccccc1)c1ccc(O)cc1. The third-order valence-corrected chi connectivity index (χ3v) is 4.53. The van der Waals surface area contributed by atoms with Crippen LogP contribution in [0, 0.1) is 0 Å². The summed E-state index contributed by atoms with van der Waals surface area (Å²) in [6.45, 7) is 2.23. The lowest BCUT2D eigenvalue weighted by Crippen LogP contribution is -2.09. The minimum Gasteiger partial charge on any atom is -0.508 e. The molecule has 76 valence electrons. The molecule has 1 unspecified atom stereocenters. The molecule has 1 N–H and O–H groups in total. The first-order valence-electron chi connectivity index (χ1n) is 4.85. The highest BCUT2D eigenvalue weighted by molar-refractivity contribution is 7.72. The van der Waals surface area contributed by atoms with E-state index in [2.05, 4.69) is 30.9 Å². The molecule has 0 saturated carbocycles. The number of phenols is 1. The summed E-state index contributed by atoms with van der Waals surface area (Å²) in [5.41, 5.74) is 0.